The lowest BCUT2D eigenvalue weighted by molar-refractivity contribution is -0.122. The van der Waals surface area contributed by atoms with Crippen molar-refractivity contribution in [3.63, 3.8) is 0 Å². The number of pyridine rings is 1. The Kier molecular flexibility index (Phi) is 5.88. The van der Waals surface area contributed by atoms with Gasteiger partial charge in [-0.2, -0.15) is 0 Å². The summed E-state index contributed by atoms with van der Waals surface area (Å²) in [5.41, 5.74) is 1.16. The van der Waals surface area contributed by atoms with Gasteiger partial charge in [-0.15, -0.1) is 0 Å². The highest BCUT2D eigenvalue weighted by Crippen LogP contribution is 2.33. The molecule has 1 saturated carbocycles. The third-order valence-corrected chi connectivity index (χ3v) is 4.12. The summed E-state index contributed by atoms with van der Waals surface area (Å²) in [7, 11) is 0. The van der Waals surface area contributed by atoms with Crippen LogP contribution in [-0.4, -0.2) is 22.7 Å². The molecule has 0 spiro atoms. The van der Waals surface area contributed by atoms with E-state index in [9.17, 15) is 9.59 Å². The second-order valence-electron chi connectivity index (χ2n) is 5.44. The van der Waals surface area contributed by atoms with Gasteiger partial charge in [-0.3, -0.25) is 14.6 Å². The van der Waals surface area contributed by atoms with Gasteiger partial charge in [0.05, 0.1) is 6.04 Å². The van der Waals surface area contributed by atoms with E-state index in [1.807, 2.05) is 6.08 Å². The van der Waals surface area contributed by atoms with Crippen molar-refractivity contribution in [2.24, 2.45) is 5.92 Å². The number of hydrogen-bond acceptors (Lipinski definition) is 3. The highest BCUT2D eigenvalue weighted by Gasteiger charge is 2.32. The third-order valence-electron chi connectivity index (χ3n) is 3.90. The molecule has 0 bridgehead atoms. The van der Waals surface area contributed by atoms with Crippen molar-refractivity contribution in [2.45, 2.75) is 25.3 Å². The summed E-state index contributed by atoms with van der Waals surface area (Å²) in [6.07, 6.45) is 6.61. The molecule has 1 amide bonds. The van der Waals surface area contributed by atoms with Crippen LogP contribution in [0.2, 0.25) is 0 Å². The average Bonchev–Trinajstić information content (AvgIpc) is 2.55. The number of allylic oxidation sites excluding steroid dienone is 4. The summed E-state index contributed by atoms with van der Waals surface area (Å²) < 4.78 is 0. The number of nitrogens with one attached hydrogen (secondary N) is 1. The fraction of sp³-hybridized carbons (Fsp3) is 0.278. The van der Waals surface area contributed by atoms with Crippen LogP contribution < -0.4 is 5.32 Å². The number of carbonyl (C=O) groups excluding carboxylic acids is 2. The maximum Gasteiger partial charge on any atom is 0.270 e. The molecule has 1 N–H and O–H groups in total. The molecule has 1 heterocycles. The number of Topliss-reactive ketones (excluding diaryl/α,β-unsaturated/α-hetero) is 1. The first kappa shape index (κ1) is 17.2. The second kappa shape index (κ2) is 7.88. The minimum absolute atomic E-state index is 0.0312. The van der Waals surface area contributed by atoms with Crippen molar-refractivity contribution in [1.82, 2.24) is 10.3 Å². The smallest absolute Gasteiger partial charge is 0.270 e. The predicted molar refractivity (Wildman–Crippen MR) is 91.1 cm³/mol. The summed E-state index contributed by atoms with van der Waals surface area (Å²) in [4.78, 5) is 28.3. The molecular weight excluding hydrogens is 312 g/mol. The largest absolute Gasteiger partial charge is 0.341 e. The Morgan fingerprint density at radius 3 is 2.83 bits per heavy atom. The zero-order valence-corrected chi connectivity index (χ0v) is 13.6. The van der Waals surface area contributed by atoms with E-state index in [4.69, 9.17) is 11.6 Å². The van der Waals surface area contributed by atoms with Crippen molar-refractivity contribution in [3.05, 3.63) is 66.0 Å². The van der Waals surface area contributed by atoms with Crippen LogP contribution in [0.5, 0.6) is 0 Å². The van der Waals surface area contributed by atoms with Crippen LogP contribution in [0.3, 0.4) is 0 Å². The van der Waals surface area contributed by atoms with Gasteiger partial charge < -0.3 is 5.32 Å². The molecular formula is C18H19ClN2O2. The lowest BCUT2D eigenvalue weighted by Crippen LogP contribution is -2.45. The highest BCUT2D eigenvalue weighted by molar-refractivity contribution is 6.31. The van der Waals surface area contributed by atoms with Crippen molar-refractivity contribution in [3.8, 4) is 0 Å². The van der Waals surface area contributed by atoms with E-state index >= 15 is 0 Å². The summed E-state index contributed by atoms with van der Waals surface area (Å²) in [5, 5.41) is 3.22. The molecule has 1 aromatic heterocycles. The Bertz CT molecular complexity index is 652. The summed E-state index contributed by atoms with van der Waals surface area (Å²) in [6, 6.07) is 4.55. The molecule has 0 aromatic carbocycles. The van der Waals surface area contributed by atoms with Crippen molar-refractivity contribution < 1.29 is 9.59 Å². The predicted octanol–water partition coefficient (Wildman–Crippen LogP) is 3.41. The Morgan fingerprint density at radius 2 is 2.22 bits per heavy atom. The van der Waals surface area contributed by atoms with Gasteiger partial charge in [-0.25, -0.2) is 0 Å². The molecule has 0 saturated heterocycles. The zero-order chi connectivity index (χ0) is 16.8. The monoisotopic (exact) mass is 330 g/mol. The van der Waals surface area contributed by atoms with Gasteiger partial charge >= 0.3 is 0 Å². The highest BCUT2D eigenvalue weighted by atomic mass is 35.5. The van der Waals surface area contributed by atoms with E-state index in [1.165, 1.54) is 0 Å². The van der Waals surface area contributed by atoms with Gasteiger partial charge in [-0.1, -0.05) is 43.0 Å². The maximum absolute atomic E-state index is 12.2. The van der Waals surface area contributed by atoms with Crippen LogP contribution in [0.1, 0.15) is 29.8 Å². The fourth-order valence-electron chi connectivity index (χ4n) is 2.75. The van der Waals surface area contributed by atoms with E-state index in [1.54, 1.807) is 30.5 Å². The number of halogens is 1. The number of nitrogens with zero attached hydrogens (tertiary/aromatic N) is 1. The van der Waals surface area contributed by atoms with Crippen molar-refractivity contribution in [1.29, 1.82) is 0 Å². The maximum atomic E-state index is 12.2. The quantitative estimate of drug-likeness (QED) is 0.842. The number of hydrogen-bond donors (Lipinski definition) is 1. The molecule has 1 aromatic rings. The van der Waals surface area contributed by atoms with Gasteiger partial charge in [0.15, 0.2) is 5.78 Å². The van der Waals surface area contributed by atoms with Gasteiger partial charge in [0.2, 0.25) is 0 Å². The van der Waals surface area contributed by atoms with Crippen molar-refractivity contribution in [2.75, 3.05) is 0 Å². The van der Waals surface area contributed by atoms with Crippen LogP contribution in [0, 0.1) is 5.92 Å². The van der Waals surface area contributed by atoms with E-state index in [0.29, 0.717) is 30.0 Å². The first-order valence-electron chi connectivity index (χ1n) is 7.45. The molecule has 0 aliphatic heterocycles. The molecule has 2 unspecified atom stereocenters. The number of ketones is 1. The number of aromatic nitrogens is 1. The van der Waals surface area contributed by atoms with E-state index in [0.717, 1.165) is 5.57 Å². The van der Waals surface area contributed by atoms with Gasteiger partial charge in [0.1, 0.15) is 5.69 Å². The van der Waals surface area contributed by atoms with Gasteiger partial charge in [-0.05, 0) is 36.5 Å². The Balaban J connectivity index is 2.10. The molecule has 1 aliphatic carbocycles. The molecule has 1 fully saturated rings. The first-order chi connectivity index (χ1) is 11.0. The minimum atomic E-state index is -0.535. The summed E-state index contributed by atoms with van der Waals surface area (Å²) >= 11 is 6.05. The standard InChI is InChI=1S/C18H19ClN2O2/c1-3-6-14(12(2)19)13-8-9-17(22)16(11-13)21-18(23)15-7-4-5-10-20-15/h3-7,10,13,16H,1-2,8-9,11H2,(H,21,23)/b14-6+. The van der Waals surface area contributed by atoms with Crippen LogP contribution in [0.4, 0.5) is 0 Å². The fourth-order valence-corrected chi connectivity index (χ4v) is 2.97. The molecule has 2 rings (SSSR count). The lowest BCUT2D eigenvalue weighted by Gasteiger charge is -2.30. The summed E-state index contributed by atoms with van der Waals surface area (Å²) in [5.74, 6) is -0.239. The molecule has 1 aliphatic rings. The van der Waals surface area contributed by atoms with Gasteiger partial charge in [0.25, 0.3) is 5.91 Å². The van der Waals surface area contributed by atoms with E-state index < -0.39 is 6.04 Å². The van der Waals surface area contributed by atoms with Crippen molar-refractivity contribution >= 4 is 23.3 Å². The Hall–Kier alpha value is -2.20. The Morgan fingerprint density at radius 1 is 1.43 bits per heavy atom. The number of carbonyl (C=O) groups is 2. The number of amides is 1. The normalized spacial score (nSPS) is 21.6. The SMILES string of the molecule is C=C/C=C(\C(=C)Cl)C1CCC(=O)C(NC(=O)c2ccccn2)C1. The molecule has 4 nitrogen and oxygen atoms in total. The minimum Gasteiger partial charge on any atom is -0.341 e. The van der Waals surface area contributed by atoms with E-state index in [2.05, 4.69) is 23.5 Å². The summed E-state index contributed by atoms with van der Waals surface area (Å²) in [6.45, 7) is 7.45. The second-order valence-corrected chi connectivity index (χ2v) is 5.90. The van der Waals surface area contributed by atoms with Crippen LogP contribution in [0.15, 0.2) is 60.3 Å². The van der Waals surface area contributed by atoms with E-state index in [-0.39, 0.29) is 17.6 Å². The van der Waals surface area contributed by atoms with Gasteiger partial charge in [0, 0.05) is 17.6 Å². The molecule has 0 radical (unpaired) electrons. The molecule has 5 heteroatoms. The number of rotatable bonds is 5. The van der Waals surface area contributed by atoms with Crippen LogP contribution in [0.25, 0.3) is 0 Å². The van der Waals surface area contributed by atoms with Crippen LogP contribution in [-0.2, 0) is 4.79 Å². The molecule has 120 valence electrons. The first-order valence-corrected chi connectivity index (χ1v) is 7.82. The lowest BCUT2D eigenvalue weighted by atomic mass is 9.80. The topological polar surface area (TPSA) is 59.1 Å². The van der Waals surface area contributed by atoms with Crippen LogP contribution >= 0.6 is 11.6 Å². The Labute approximate surface area is 140 Å². The average molecular weight is 331 g/mol. The zero-order valence-electron chi connectivity index (χ0n) is 12.8. The third kappa shape index (κ3) is 4.39. The molecule has 2 atom stereocenters. The molecule has 23 heavy (non-hydrogen) atoms.